The molecule has 0 amide bonds. The van der Waals surface area contributed by atoms with Gasteiger partial charge in [-0.2, -0.15) is 4.73 Å². The molecular weight excluding hydrogens is 178 g/mol. The van der Waals surface area contributed by atoms with Crippen molar-refractivity contribution in [3.63, 3.8) is 0 Å². The summed E-state index contributed by atoms with van der Waals surface area (Å²) < 4.78 is 1.03. The number of benzene rings is 1. The Kier molecular flexibility index (Phi) is 1.28. The van der Waals surface area contributed by atoms with E-state index in [1.807, 2.05) is 24.3 Å². The van der Waals surface area contributed by atoms with Gasteiger partial charge in [0.15, 0.2) is 0 Å². The summed E-state index contributed by atoms with van der Waals surface area (Å²) in [6, 6.07) is 7.65. The molecule has 0 bridgehead atoms. The lowest BCUT2D eigenvalue weighted by Gasteiger charge is -1.98. The van der Waals surface area contributed by atoms with Crippen LogP contribution in [0.25, 0.3) is 21.9 Å². The minimum atomic E-state index is 0.700. The molecule has 0 saturated carbocycles. The maximum absolute atomic E-state index is 9.54. The van der Waals surface area contributed by atoms with Crippen molar-refractivity contribution < 1.29 is 5.21 Å². The fraction of sp³-hybridized carbons (Fsp3) is 0. The predicted molar refractivity (Wildman–Crippen MR) is 52.2 cm³/mol. The fourth-order valence-corrected chi connectivity index (χ4v) is 1.63. The third kappa shape index (κ3) is 0.821. The number of para-hydroxylation sites is 1. The third-order valence-corrected chi connectivity index (χ3v) is 2.26. The van der Waals surface area contributed by atoms with Crippen molar-refractivity contribution in [1.29, 1.82) is 0 Å². The Hall–Kier alpha value is -2.10. The second-order valence-corrected chi connectivity index (χ2v) is 3.10. The van der Waals surface area contributed by atoms with Crippen LogP contribution in [0.5, 0.6) is 0 Å². The molecule has 1 aromatic carbocycles. The van der Waals surface area contributed by atoms with Crippen molar-refractivity contribution in [2.45, 2.75) is 0 Å². The Labute approximate surface area is 79.4 Å². The van der Waals surface area contributed by atoms with Crippen molar-refractivity contribution in [2.24, 2.45) is 0 Å². The Morgan fingerprint density at radius 2 is 1.93 bits per heavy atom. The third-order valence-electron chi connectivity index (χ3n) is 2.26. The average molecular weight is 185 g/mol. The highest BCUT2D eigenvalue weighted by atomic mass is 16.5. The van der Waals surface area contributed by atoms with Crippen LogP contribution in [0, 0.1) is 0 Å². The summed E-state index contributed by atoms with van der Waals surface area (Å²) in [5, 5.41) is 10.4. The van der Waals surface area contributed by atoms with Gasteiger partial charge in [0.1, 0.15) is 17.4 Å². The van der Waals surface area contributed by atoms with Crippen molar-refractivity contribution in [3.05, 3.63) is 36.8 Å². The lowest BCUT2D eigenvalue weighted by molar-refractivity contribution is 0.198. The summed E-state index contributed by atoms with van der Waals surface area (Å²) in [6.07, 6.45) is 3.03. The van der Waals surface area contributed by atoms with Gasteiger partial charge in [0, 0.05) is 5.39 Å². The summed E-state index contributed by atoms with van der Waals surface area (Å²) in [5.41, 5.74) is 2.26. The highest BCUT2D eigenvalue weighted by molar-refractivity contribution is 6.01. The van der Waals surface area contributed by atoms with Gasteiger partial charge in [-0.25, -0.2) is 4.98 Å². The molecule has 2 heterocycles. The lowest BCUT2D eigenvalue weighted by atomic mass is 10.2. The molecular formula is C10H7N3O. The van der Waals surface area contributed by atoms with Gasteiger partial charge < -0.3 is 5.21 Å². The number of aromatic nitrogens is 3. The van der Waals surface area contributed by atoms with Gasteiger partial charge in [-0.05, 0) is 6.07 Å². The molecule has 14 heavy (non-hydrogen) atoms. The van der Waals surface area contributed by atoms with Crippen LogP contribution < -0.4 is 0 Å². The second kappa shape index (κ2) is 2.45. The Bertz CT molecular complexity index is 615. The monoisotopic (exact) mass is 185 g/mol. The zero-order chi connectivity index (χ0) is 9.54. The number of fused-ring (bicyclic) bond motifs is 3. The molecule has 68 valence electrons. The van der Waals surface area contributed by atoms with E-state index < -0.39 is 0 Å². The first-order chi connectivity index (χ1) is 6.86. The molecule has 0 aliphatic heterocycles. The van der Waals surface area contributed by atoms with Crippen molar-refractivity contribution in [2.75, 3.05) is 0 Å². The van der Waals surface area contributed by atoms with Crippen LogP contribution in [0.1, 0.15) is 0 Å². The molecule has 4 heteroatoms. The standard InChI is InChI=1S/C10H7N3O/c14-13-6-12-9-5-11-8-4-2-1-3-7(8)10(9)13/h1-6,14H. The summed E-state index contributed by atoms with van der Waals surface area (Å²) in [5.74, 6) is 0. The first kappa shape index (κ1) is 7.32. The lowest BCUT2D eigenvalue weighted by Crippen LogP contribution is -1.88. The van der Waals surface area contributed by atoms with Crippen molar-refractivity contribution in [3.8, 4) is 0 Å². The van der Waals surface area contributed by atoms with Crippen LogP contribution in [0.2, 0.25) is 0 Å². The largest absolute Gasteiger partial charge is 0.427 e. The maximum Gasteiger partial charge on any atom is 0.133 e. The first-order valence-corrected chi connectivity index (χ1v) is 4.26. The molecule has 0 fully saturated rings. The van der Waals surface area contributed by atoms with E-state index in [1.165, 1.54) is 6.33 Å². The highest BCUT2D eigenvalue weighted by Gasteiger charge is 2.06. The number of rotatable bonds is 0. The summed E-state index contributed by atoms with van der Waals surface area (Å²) in [4.78, 5) is 8.25. The van der Waals surface area contributed by atoms with Gasteiger partial charge in [-0.3, -0.25) is 4.98 Å². The van der Waals surface area contributed by atoms with Gasteiger partial charge >= 0.3 is 0 Å². The summed E-state index contributed by atoms with van der Waals surface area (Å²) in [7, 11) is 0. The number of imidazole rings is 1. The van der Waals surface area contributed by atoms with Crippen LogP contribution in [0.3, 0.4) is 0 Å². The molecule has 0 unspecified atom stereocenters. The topological polar surface area (TPSA) is 50.9 Å². The molecule has 0 aliphatic rings. The molecule has 0 spiro atoms. The van der Waals surface area contributed by atoms with E-state index in [2.05, 4.69) is 9.97 Å². The molecule has 1 N–H and O–H groups in total. The van der Waals surface area contributed by atoms with Gasteiger partial charge in [0.05, 0.1) is 11.7 Å². The molecule has 0 saturated heterocycles. The van der Waals surface area contributed by atoms with Gasteiger partial charge in [0.2, 0.25) is 0 Å². The van der Waals surface area contributed by atoms with E-state index in [-0.39, 0.29) is 0 Å². The zero-order valence-electron chi connectivity index (χ0n) is 7.25. The molecule has 3 aromatic rings. The van der Waals surface area contributed by atoms with Crippen LogP contribution in [0.15, 0.2) is 36.8 Å². The summed E-state index contributed by atoms with van der Waals surface area (Å²) in [6.45, 7) is 0. The Morgan fingerprint density at radius 3 is 2.86 bits per heavy atom. The van der Waals surface area contributed by atoms with E-state index in [0.717, 1.165) is 15.6 Å². The second-order valence-electron chi connectivity index (χ2n) is 3.10. The predicted octanol–water partition coefficient (Wildman–Crippen LogP) is 1.82. The van der Waals surface area contributed by atoms with Crippen molar-refractivity contribution in [1.82, 2.24) is 14.7 Å². The Balaban J connectivity index is 2.65. The molecule has 4 nitrogen and oxygen atoms in total. The Morgan fingerprint density at radius 1 is 1.07 bits per heavy atom. The molecule has 3 rings (SSSR count). The smallest absolute Gasteiger partial charge is 0.133 e. The van der Waals surface area contributed by atoms with Gasteiger partial charge in [-0.1, -0.05) is 18.2 Å². The van der Waals surface area contributed by atoms with Crippen LogP contribution in [-0.4, -0.2) is 19.9 Å². The molecule has 0 radical (unpaired) electrons. The average Bonchev–Trinajstić information content (AvgIpc) is 2.61. The quantitative estimate of drug-likeness (QED) is 0.543. The van der Waals surface area contributed by atoms with Crippen LogP contribution >= 0.6 is 0 Å². The number of hydrogen-bond acceptors (Lipinski definition) is 3. The van der Waals surface area contributed by atoms with Crippen LogP contribution in [0.4, 0.5) is 0 Å². The van der Waals surface area contributed by atoms with Crippen LogP contribution in [-0.2, 0) is 0 Å². The highest BCUT2D eigenvalue weighted by Crippen LogP contribution is 2.21. The molecule has 0 atom stereocenters. The molecule has 2 aromatic heterocycles. The fourth-order valence-electron chi connectivity index (χ4n) is 1.63. The summed E-state index contributed by atoms with van der Waals surface area (Å²) >= 11 is 0. The minimum absolute atomic E-state index is 0.700. The number of pyridine rings is 1. The van der Waals surface area contributed by atoms with E-state index in [9.17, 15) is 5.21 Å². The number of hydrogen-bond donors (Lipinski definition) is 1. The number of nitrogens with zero attached hydrogens (tertiary/aromatic N) is 3. The first-order valence-electron chi connectivity index (χ1n) is 4.26. The SMILES string of the molecule is On1cnc2cnc3ccccc3c21. The zero-order valence-corrected chi connectivity index (χ0v) is 7.25. The normalized spacial score (nSPS) is 11.1. The van der Waals surface area contributed by atoms with Gasteiger partial charge in [-0.15, -0.1) is 0 Å². The molecule has 0 aliphatic carbocycles. The van der Waals surface area contributed by atoms with E-state index in [1.54, 1.807) is 6.20 Å². The van der Waals surface area contributed by atoms with Gasteiger partial charge in [0.25, 0.3) is 0 Å². The van der Waals surface area contributed by atoms with Crippen molar-refractivity contribution >= 4 is 21.9 Å². The minimum Gasteiger partial charge on any atom is -0.427 e. The maximum atomic E-state index is 9.54. The van der Waals surface area contributed by atoms with E-state index in [4.69, 9.17) is 0 Å². The van der Waals surface area contributed by atoms with E-state index >= 15 is 0 Å². The van der Waals surface area contributed by atoms with E-state index in [0.29, 0.717) is 11.0 Å².